The molecule has 0 aromatic heterocycles. The molecular weight excluding hydrogens is 517 g/mol. The van der Waals surface area contributed by atoms with E-state index in [-0.39, 0.29) is 31.3 Å². The van der Waals surface area contributed by atoms with Crippen molar-refractivity contribution in [3.63, 3.8) is 0 Å². The first kappa shape index (κ1) is 30.0. The number of carbonyl (C=O) groups excluding carboxylic acids is 2. The summed E-state index contributed by atoms with van der Waals surface area (Å²) in [6.45, 7) is 3.94. The number of carbonyl (C=O) groups is 2. The molecule has 0 saturated carbocycles. The molecule has 7 nitrogen and oxygen atoms in total. The highest BCUT2D eigenvalue weighted by Gasteiger charge is 2.33. The Bertz CT molecular complexity index is 1320. The van der Waals surface area contributed by atoms with E-state index < -0.39 is 34.3 Å². The van der Waals surface area contributed by atoms with Crippen molar-refractivity contribution in [2.75, 3.05) is 19.3 Å². The number of hydrogen-bond acceptors (Lipinski definition) is 4. The monoisotopic (exact) mass is 553 g/mol. The maximum absolute atomic E-state index is 13.9. The summed E-state index contributed by atoms with van der Waals surface area (Å²) in [5.74, 6) is -1.09. The van der Waals surface area contributed by atoms with Gasteiger partial charge in [-0.25, -0.2) is 12.8 Å². The molecule has 3 aromatic carbocycles. The highest BCUT2D eigenvalue weighted by atomic mass is 32.2. The van der Waals surface area contributed by atoms with Gasteiger partial charge in [0.2, 0.25) is 21.8 Å². The Morgan fingerprint density at radius 2 is 1.36 bits per heavy atom. The Morgan fingerprint density at radius 1 is 0.821 bits per heavy atom. The lowest BCUT2D eigenvalue weighted by molar-refractivity contribution is -0.141. The van der Waals surface area contributed by atoms with Gasteiger partial charge in [-0.3, -0.25) is 9.59 Å². The molecule has 0 saturated heterocycles. The molecule has 0 heterocycles. The number of benzene rings is 3. The van der Waals surface area contributed by atoms with Crippen LogP contribution in [0.25, 0.3) is 0 Å². The molecule has 208 valence electrons. The molecule has 0 fully saturated rings. The average molecular weight is 554 g/mol. The normalized spacial score (nSPS) is 12.4. The molecule has 0 aliphatic carbocycles. The number of hydrogen-bond donors (Lipinski definition) is 1. The van der Waals surface area contributed by atoms with Crippen molar-refractivity contribution >= 4 is 21.8 Å². The molecule has 0 bridgehead atoms. The van der Waals surface area contributed by atoms with E-state index in [1.165, 1.54) is 17.0 Å². The summed E-state index contributed by atoms with van der Waals surface area (Å²) in [5, 5.41) is 2.93. The smallest absolute Gasteiger partial charge is 0.243 e. The van der Waals surface area contributed by atoms with E-state index in [9.17, 15) is 22.4 Å². The van der Waals surface area contributed by atoms with Gasteiger partial charge in [-0.2, -0.15) is 4.31 Å². The maximum atomic E-state index is 13.9. The Labute approximate surface area is 230 Å². The summed E-state index contributed by atoms with van der Waals surface area (Å²) >= 11 is 0. The van der Waals surface area contributed by atoms with Crippen LogP contribution in [-0.4, -0.2) is 54.8 Å². The number of nitrogens with one attached hydrogen (secondary N) is 1. The van der Waals surface area contributed by atoms with E-state index in [0.717, 1.165) is 21.7 Å². The second kappa shape index (κ2) is 14.0. The van der Waals surface area contributed by atoms with Crippen LogP contribution in [0.15, 0.2) is 84.9 Å². The summed E-state index contributed by atoms with van der Waals surface area (Å²) < 4.78 is 40.1. The van der Waals surface area contributed by atoms with E-state index in [2.05, 4.69) is 5.32 Å². The fourth-order valence-corrected chi connectivity index (χ4v) is 4.81. The third kappa shape index (κ3) is 9.60. The number of nitrogens with zero attached hydrogens (tertiary/aromatic N) is 2. The zero-order valence-corrected chi connectivity index (χ0v) is 23.4. The molecular formula is C30H36FN3O4S. The molecule has 0 radical (unpaired) electrons. The van der Waals surface area contributed by atoms with Crippen LogP contribution in [-0.2, 0) is 39.1 Å². The molecule has 1 N–H and O–H groups in total. The van der Waals surface area contributed by atoms with E-state index in [1.807, 2.05) is 50.2 Å². The van der Waals surface area contributed by atoms with Gasteiger partial charge in [0.05, 0.1) is 12.8 Å². The van der Waals surface area contributed by atoms with Crippen molar-refractivity contribution in [2.45, 2.75) is 39.4 Å². The lowest BCUT2D eigenvalue weighted by Crippen LogP contribution is -2.53. The summed E-state index contributed by atoms with van der Waals surface area (Å²) in [6, 6.07) is 23.1. The molecule has 3 rings (SSSR count). The first-order chi connectivity index (χ1) is 18.5. The zero-order valence-electron chi connectivity index (χ0n) is 22.6. The fraction of sp³-hybridized carbons (Fsp3) is 0.333. The largest absolute Gasteiger partial charge is 0.354 e. The van der Waals surface area contributed by atoms with Crippen LogP contribution in [0.5, 0.6) is 0 Å². The third-order valence-electron chi connectivity index (χ3n) is 6.20. The Balaban J connectivity index is 1.98. The van der Waals surface area contributed by atoms with Crippen molar-refractivity contribution < 1.29 is 22.4 Å². The Morgan fingerprint density at radius 3 is 1.90 bits per heavy atom. The SMILES string of the molecule is CC(C)CNC(=O)[C@H](Cc1ccccc1)N(Cc1ccc(F)cc1)C(=O)CN(Cc1ccccc1)S(C)(=O)=O. The first-order valence-corrected chi connectivity index (χ1v) is 14.7. The summed E-state index contributed by atoms with van der Waals surface area (Å²) in [4.78, 5) is 28.8. The van der Waals surface area contributed by atoms with E-state index >= 15 is 0 Å². The Hall–Kier alpha value is -3.56. The molecule has 2 amide bonds. The van der Waals surface area contributed by atoms with Crippen LogP contribution in [0.3, 0.4) is 0 Å². The van der Waals surface area contributed by atoms with Gasteiger partial charge in [-0.05, 0) is 34.7 Å². The first-order valence-electron chi connectivity index (χ1n) is 12.9. The second-order valence-corrected chi connectivity index (χ2v) is 12.0. The van der Waals surface area contributed by atoms with Crippen LogP contribution >= 0.6 is 0 Å². The van der Waals surface area contributed by atoms with Gasteiger partial charge in [0.15, 0.2) is 0 Å². The van der Waals surface area contributed by atoms with Crippen molar-refractivity contribution in [2.24, 2.45) is 5.92 Å². The van der Waals surface area contributed by atoms with E-state index in [1.54, 1.807) is 36.4 Å². The summed E-state index contributed by atoms with van der Waals surface area (Å²) in [5.41, 5.74) is 2.20. The average Bonchev–Trinajstić information content (AvgIpc) is 2.90. The van der Waals surface area contributed by atoms with E-state index in [4.69, 9.17) is 0 Å². The van der Waals surface area contributed by atoms with Crippen molar-refractivity contribution in [1.82, 2.24) is 14.5 Å². The molecule has 0 aliphatic heterocycles. The van der Waals surface area contributed by atoms with Gasteiger partial charge in [-0.1, -0.05) is 86.6 Å². The van der Waals surface area contributed by atoms with Crippen LogP contribution in [0.2, 0.25) is 0 Å². The van der Waals surface area contributed by atoms with Crippen LogP contribution < -0.4 is 5.32 Å². The van der Waals surface area contributed by atoms with Gasteiger partial charge in [0.1, 0.15) is 11.9 Å². The minimum atomic E-state index is -3.76. The number of amides is 2. The second-order valence-electron chi connectivity index (χ2n) is 10.0. The standard InChI is InChI=1S/C30H36FN3O4S/c1-23(2)19-32-30(36)28(18-24-10-6-4-7-11-24)34(21-26-14-16-27(31)17-15-26)29(35)22-33(39(3,37)38)20-25-12-8-5-9-13-25/h4-17,23,28H,18-22H2,1-3H3,(H,32,36)/t28-/m0/s1. The van der Waals surface area contributed by atoms with Gasteiger partial charge >= 0.3 is 0 Å². The zero-order chi connectivity index (χ0) is 28.4. The van der Waals surface area contributed by atoms with Crippen LogP contribution in [0.1, 0.15) is 30.5 Å². The molecule has 39 heavy (non-hydrogen) atoms. The topological polar surface area (TPSA) is 86.8 Å². The quantitative estimate of drug-likeness (QED) is 0.347. The van der Waals surface area contributed by atoms with Gasteiger partial charge in [0, 0.05) is 26.1 Å². The van der Waals surface area contributed by atoms with E-state index in [0.29, 0.717) is 12.1 Å². The van der Waals surface area contributed by atoms with Crippen molar-refractivity contribution in [1.29, 1.82) is 0 Å². The maximum Gasteiger partial charge on any atom is 0.243 e. The molecule has 9 heteroatoms. The third-order valence-corrected chi connectivity index (χ3v) is 7.40. The highest BCUT2D eigenvalue weighted by Crippen LogP contribution is 2.17. The molecule has 0 aliphatic rings. The van der Waals surface area contributed by atoms with Crippen LogP contribution in [0, 0.1) is 11.7 Å². The summed E-state index contributed by atoms with van der Waals surface area (Å²) in [6.07, 6.45) is 1.29. The minimum absolute atomic E-state index is 0.00858. The molecule has 1 atom stereocenters. The lowest BCUT2D eigenvalue weighted by atomic mass is 10.0. The van der Waals surface area contributed by atoms with Gasteiger partial charge in [-0.15, -0.1) is 0 Å². The fourth-order valence-electron chi connectivity index (χ4n) is 4.08. The predicted molar refractivity (Wildman–Crippen MR) is 150 cm³/mol. The van der Waals surface area contributed by atoms with Gasteiger partial charge in [0.25, 0.3) is 0 Å². The molecule has 0 spiro atoms. The Kier molecular flexibility index (Phi) is 10.8. The van der Waals surface area contributed by atoms with Crippen LogP contribution in [0.4, 0.5) is 4.39 Å². The minimum Gasteiger partial charge on any atom is -0.354 e. The van der Waals surface area contributed by atoms with Crippen molar-refractivity contribution in [3.05, 3.63) is 107 Å². The number of rotatable bonds is 13. The van der Waals surface area contributed by atoms with Gasteiger partial charge < -0.3 is 10.2 Å². The van der Waals surface area contributed by atoms with Crippen molar-refractivity contribution in [3.8, 4) is 0 Å². The predicted octanol–water partition coefficient (Wildman–Crippen LogP) is 4.00. The molecule has 3 aromatic rings. The highest BCUT2D eigenvalue weighted by molar-refractivity contribution is 7.88. The number of halogens is 1. The molecule has 0 unspecified atom stereocenters. The summed E-state index contributed by atoms with van der Waals surface area (Å²) in [7, 11) is -3.76. The number of sulfonamides is 1. The lowest BCUT2D eigenvalue weighted by Gasteiger charge is -2.33.